The lowest BCUT2D eigenvalue weighted by atomic mass is 9.93. The predicted octanol–water partition coefficient (Wildman–Crippen LogP) is 0.846. The molecule has 0 saturated carbocycles. The standard InChI is InChI=1S/C26H35N5O7S/c1-16-27-12-21(39-16)25(34)30-20(14-36-4)24(33)29-19(13-35-3)23(32)28-18(11-17-9-7-6-8-10-17)22(31-37-5)26(2)15-38-26/h6-10,12,18-20H,11,13-15H2,1-5H3,(H,28,32)(H,29,33)(H,30,34)/b31-22-/t18-,19-,20-,26+/m0/s1. The average Bonchev–Trinajstić information content (AvgIpc) is 3.51. The first-order valence-electron chi connectivity index (χ1n) is 12.3. The van der Waals surface area contributed by atoms with Gasteiger partial charge in [-0.2, -0.15) is 0 Å². The maximum absolute atomic E-state index is 13.5. The lowest BCUT2D eigenvalue weighted by Gasteiger charge is -2.26. The van der Waals surface area contributed by atoms with Gasteiger partial charge in [0.15, 0.2) is 0 Å². The number of nitrogens with one attached hydrogen (secondary N) is 3. The number of ether oxygens (including phenoxy) is 3. The third-order valence-electron chi connectivity index (χ3n) is 6.00. The smallest absolute Gasteiger partial charge is 0.263 e. The van der Waals surface area contributed by atoms with Crippen molar-refractivity contribution in [2.45, 2.75) is 44.0 Å². The molecular weight excluding hydrogens is 526 g/mol. The molecule has 1 aromatic heterocycles. The van der Waals surface area contributed by atoms with Gasteiger partial charge in [-0.05, 0) is 25.8 Å². The van der Waals surface area contributed by atoms with E-state index < -0.39 is 41.4 Å². The van der Waals surface area contributed by atoms with E-state index in [4.69, 9.17) is 19.0 Å². The van der Waals surface area contributed by atoms with Gasteiger partial charge in [-0.3, -0.25) is 14.4 Å². The molecule has 13 heteroatoms. The summed E-state index contributed by atoms with van der Waals surface area (Å²) in [7, 11) is 4.26. The molecule has 0 radical (unpaired) electrons. The van der Waals surface area contributed by atoms with Crippen LogP contribution in [0.4, 0.5) is 0 Å². The Morgan fingerprint density at radius 3 is 2.13 bits per heavy atom. The Balaban J connectivity index is 1.76. The Kier molecular flexibility index (Phi) is 10.9. The lowest BCUT2D eigenvalue weighted by molar-refractivity contribution is -0.132. The molecule has 1 aliphatic rings. The van der Waals surface area contributed by atoms with Crippen molar-refractivity contribution in [2.75, 3.05) is 41.2 Å². The van der Waals surface area contributed by atoms with Crippen molar-refractivity contribution >= 4 is 34.8 Å². The SMILES string of the molecule is COC[C@H](NC(=O)c1cnc(C)s1)C(=O)N[C@@H](COC)C(=O)N[C@@H](Cc1ccccc1)/C(=N/OC)[C@@]1(C)CO1. The summed E-state index contributed by atoms with van der Waals surface area (Å²) in [6.07, 6.45) is 1.85. The Hall–Kier alpha value is -3.39. The van der Waals surface area contributed by atoms with E-state index >= 15 is 0 Å². The van der Waals surface area contributed by atoms with Gasteiger partial charge in [-0.15, -0.1) is 11.3 Å². The van der Waals surface area contributed by atoms with E-state index in [2.05, 4.69) is 26.1 Å². The summed E-state index contributed by atoms with van der Waals surface area (Å²) >= 11 is 1.20. The van der Waals surface area contributed by atoms with Crippen molar-refractivity contribution in [1.82, 2.24) is 20.9 Å². The molecular formula is C26H35N5O7S. The number of aryl methyl sites for hydroxylation is 1. The summed E-state index contributed by atoms with van der Waals surface area (Å²) in [5, 5.41) is 13.2. The predicted molar refractivity (Wildman–Crippen MR) is 145 cm³/mol. The number of hydrogen-bond acceptors (Lipinski definition) is 10. The van der Waals surface area contributed by atoms with Crippen molar-refractivity contribution in [3.8, 4) is 0 Å². The zero-order chi connectivity index (χ0) is 28.4. The fourth-order valence-corrected chi connectivity index (χ4v) is 4.57. The number of nitrogens with zero attached hydrogens (tertiary/aromatic N) is 2. The van der Waals surface area contributed by atoms with Crippen LogP contribution in [0.5, 0.6) is 0 Å². The van der Waals surface area contributed by atoms with Crippen LogP contribution in [0.25, 0.3) is 0 Å². The zero-order valence-corrected chi connectivity index (χ0v) is 23.5. The largest absolute Gasteiger partial charge is 0.399 e. The Morgan fingerprint density at radius 2 is 1.62 bits per heavy atom. The number of amides is 3. The summed E-state index contributed by atoms with van der Waals surface area (Å²) in [5.74, 6) is -1.57. The highest BCUT2D eigenvalue weighted by molar-refractivity contribution is 7.13. The molecule has 1 saturated heterocycles. The molecule has 0 spiro atoms. The maximum Gasteiger partial charge on any atom is 0.263 e. The summed E-state index contributed by atoms with van der Waals surface area (Å²) in [4.78, 5) is 48.8. The van der Waals surface area contributed by atoms with Crippen LogP contribution in [-0.2, 0) is 35.1 Å². The van der Waals surface area contributed by atoms with Crippen molar-refractivity contribution in [3.63, 3.8) is 0 Å². The summed E-state index contributed by atoms with van der Waals surface area (Å²) in [6, 6.07) is 6.88. The van der Waals surface area contributed by atoms with Gasteiger partial charge in [0.2, 0.25) is 11.8 Å². The Labute approximate surface area is 231 Å². The molecule has 0 aliphatic carbocycles. The van der Waals surface area contributed by atoms with E-state index in [-0.39, 0.29) is 13.2 Å². The molecule has 3 N–H and O–H groups in total. The number of thiazole rings is 1. The van der Waals surface area contributed by atoms with Gasteiger partial charge >= 0.3 is 0 Å². The minimum absolute atomic E-state index is 0.104. The fourth-order valence-electron chi connectivity index (χ4n) is 3.89. The molecule has 2 aromatic rings. The summed E-state index contributed by atoms with van der Waals surface area (Å²) in [6.45, 7) is 3.87. The second-order valence-electron chi connectivity index (χ2n) is 9.17. The lowest BCUT2D eigenvalue weighted by Crippen LogP contribution is -2.59. The van der Waals surface area contributed by atoms with Crippen LogP contribution in [0, 0.1) is 6.92 Å². The van der Waals surface area contributed by atoms with Crippen molar-refractivity contribution in [3.05, 3.63) is 52.0 Å². The van der Waals surface area contributed by atoms with Crippen LogP contribution in [-0.4, -0.2) is 93.3 Å². The molecule has 4 atom stereocenters. The zero-order valence-electron chi connectivity index (χ0n) is 22.7. The number of aromatic nitrogens is 1. The monoisotopic (exact) mass is 561 g/mol. The van der Waals surface area contributed by atoms with Gasteiger partial charge in [0.1, 0.15) is 35.4 Å². The van der Waals surface area contributed by atoms with Crippen molar-refractivity contribution in [1.29, 1.82) is 0 Å². The van der Waals surface area contributed by atoms with Gasteiger partial charge < -0.3 is 35.0 Å². The van der Waals surface area contributed by atoms with Crippen LogP contribution in [0.15, 0.2) is 41.7 Å². The highest BCUT2D eigenvalue weighted by Crippen LogP contribution is 2.30. The Morgan fingerprint density at radius 1 is 1.03 bits per heavy atom. The third-order valence-corrected chi connectivity index (χ3v) is 6.92. The van der Waals surface area contributed by atoms with Crippen molar-refractivity contribution < 1.29 is 33.4 Å². The number of carbonyl (C=O) groups excluding carboxylic acids is 3. The molecule has 2 heterocycles. The van der Waals surface area contributed by atoms with Crippen LogP contribution < -0.4 is 16.0 Å². The molecule has 1 aliphatic heterocycles. The molecule has 1 aromatic carbocycles. The Bertz CT molecular complexity index is 1150. The van der Waals surface area contributed by atoms with Crippen molar-refractivity contribution in [2.24, 2.45) is 5.16 Å². The molecule has 0 unspecified atom stereocenters. The molecule has 1 fully saturated rings. The number of benzene rings is 1. The number of epoxide rings is 1. The molecule has 0 bridgehead atoms. The molecule has 3 amide bonds. The highest BCUT2D eigenvalue weighted by Gasteiger charge is 2.49. The number of oxime groups is 1. The highest BCUT2D eigenvalue weighted by atomic mass is 32.1. The second-order valence-corrected chi connectivity index (χ2v) is 10.4. The number of carbonyl (C=O) groups is 3. The quantitative estimate of drug-likeness (QED) is 0.164. The second kappa shape index (κ2) is 14.1. The van der Waals surface area contributed by atoms with Crippen LogP contribution in [0.3, 0.4) is 0 Å². The van der Waals surface area contributed by atoms with E-state index in [1.165, 1.54) is 38.9 Å². The third kappa shape index (κ3) is 8.55. The minimum atomic E-state index is -1.07. The van der Waals surface area contributed by atoms with Gasteiger partial charge in [-0.1, -0.05) is 35.5 Å². The summed E-state index contributed by atoms with van der Waals surface area (Å²) in [5.41, 5.74) is 0.810. The number of rotatable bonds is 15. The average molecular weight is 562 g/mol. The molecule has 212 valence electrons. The van der Waals surface area contributed by atoms with Crippen LogP contribution in [0.2, 0.25) is 0 Å². The molecule has 12 nitrogen and oxygen atoms in total. The first-order valence-corrected chi connectivity index (χ1v) is 13.1. The topological polar surface area (TPSA) is 153 Å². The van der Waals surface area contributed by atoms with E-state index in [1.54, 1.807) is 6.92 Å². The normalized spacial score (nSPS) is 18.9. The van der Waals surface area contributed by atoms with E-state index in [0.717, 1.165) is 10.6 Å². The van der Waals surface area contributed by atoms with E-state index in [1.807, 2.05) is 37.3 Å². The van der Waals surface area contributed by atoms with Crippen LogP contribution >= 0.6 is 11.3 Å². The van der Waals surface area contributed by atoms with Crippen LogP contribution in [0.1, 0.15) is 27.2 Å². The van der Waals surface area contributed by atoms with Gasteiger partial charge in [0.25, 0.3) is 5.91 Å². The first kappa shape index (κ1) is 30.2. The molecule has 3 rings (SSSR count). The fraction of sp³-hybridized carbons (Fsp3) is 0.500. The van der Waals surface area contributed by atoms with E-state index in [9.17, 15) is 14.4 Å². The number of methoxy groups -OCH3 is 2. The minimum Gasteiger partial charge on any atom is -0.399 e. The van der Waals surface area contributed by atoms with E-state index in [0.29, 0.717) is 23.6 Å². The molecule has 39 heavy (non-hydrogen) atoms. The van der Waals surface area contributed by atoms with Gasteiger partial charge in [0, 0.05) is 14.2 Å². The first-order chi connectivity index (χ1) is 18.7. The maximum atomic E-state index is 13.5. The van der Waals surface area contributed by atoms with Gasteiger partial charge in [-0.25, -0.2) is 4.98 Å². The van der Waals surface area contributed by atoms with Gasteiger partial charge in [0.05, 0.1) is 37.1 Å². The number of hydrogen-bond donors (Lipinski definition) is 3. The summed E-state index contributed by atoms with van der Waals surface area (Å²) < 4.78 is 16.0.